The van der Waals surface area contributed by atoms with E-state index in [0.717, 1.165) is 31.0 Å². The van der Waals surface area contributed by atoms with Gasteiger partial charge in [0, 0.05) is 0 Å². The molecular weight excluding hydrogens is 228 g/mol. The Morgan fingerprint density at radius 3 is 2.53 bits per heavy atom. The third-order valence-electron chi connectivity index (χ3n) is 3.12. The number of hydrogen-bond acceptors (Lipinski definition) is 2. The summed E-state index contributed by atoms with van der Waals surface area (Å²) in [5, 5.41) is 0. The summed E-state index contributed by atoms with van der Waals surface area (Å²) >= 11 is 4.31. The zero-order valence-electron chi connectivity index (χ0n) is 11.4. The van der Waals surface area contributed by atoms with E-state index in [1.807, 2.05) is 0 Å². The molecule has 0 heterocycles. The van der Waals surface area contributed by atoms with Gasteiger partial charge in [-0.25, -0.2) is 0 Å². The second-order valence-corrected chi connectivity index (χ2v) is 5.18. The van der Waals surface area contributed by atoms with E-state index in [1.54, 1.807) is 0 Å². The number of rotatable bonds is 6. The average molecular weight is 252 g/mol. The molecule has 1 nitrogen and oxygen atoms in total. The van der Waals surface area contributed by atoms with Crippen LogP contribution in [0.1, 0.15) is 49.3 Å². The lowest BCUT2D eigenvalue weighted by atomic mass is 9.92. The standard InChI is InChI=1S/C15H24OS/c1-5-7-16-15-10-12(3)14(9-13(15)4)11(2)6-8-17/h9-11,17H,5-8H2,1-4H3. The highest BCUT2D eigenvalue weighted by Crippen LogP contribution is 2.29. The van der Waals surface area contributed by atoms with Crippen LogP contribution in [0.3, 0.4) is 0 Å². The molecule has 17 heavy (non-hydrogen) atoms. The molecule has 96 valence electrons. The molecule has 0 amide bonds. The zero-order valence-corrected chi connectivity index (χ0v) is 12.3. The van der Waals surface area contributed by atoms with Crippen molar-refractivity contribution < 1.29 is 4.74 Å². The summed E-state index contributed by atoms with van der Waals surface area (Å²) in [7, 11) is 0. The Morgan fingerprint density at radius 2 is 1.94 bits per heavy atom. The van der Waals surface area contributed by atoms with E-state index < -0.39 is 0 Å². The summed E-state index contributed by atoms with van der Waals surface area (Å²) in [6.07, 6.45) is 2.18. The van der Waals surface area contributed by atoms with Gasteiger partial charge in [0.15, 0.2) is 0 Å². The van der Waals surface area contributed by atoms with Gasteiger partial charge in [0.1, 0.15) is 5.75 Å². The molecule has 0 bridgehead atoms. The smallest absolute Gasteiger partial charge is 0.122 e. The van der Waals surface area contributed by atoms with Crippen molar-refractivity contribution >= 4 is 12.6 Å². The van der Waals surface area contributed by atoms with Gasteiger partial charge < -0.3 is 4.74 Å². The number of hydrogen-bond donors (Lipinski definition) is 1. The molecule has 1 atom stereocenters. The summed E-state index contributed by atoms with van der Waals surface area (Å²) in [5.41, 5.74) is 4.00. The van der Waals surface area contributed by atoms with E-state index in [-0.39, 0.29) is 0 Å². The van der Waals surface area contributed by atoms with Gasteiger partial charge in [0.25, 0.3) is 0 Å². The monoisotopic (exact) mass is 252 g/mol. The Labute approximate surface area is 111 Å². The first-order chi connectivity index (χ1) is 8.10. The quantitative estimate of drug-likeness (QED) is 0.733. The predicted molar refractivity (Wildman–Crippen MR) is 78.6 cm³/mol. The van der Waals surface area contributed by atoms with Crippen LogP contribution in [0.15, 0.2) is 12.1 Å². The first-order valence-corrected chi connectivity index (χ1v) is 7.08. The first kappa shape index (κ1) is 14.4. The second-order valence-electron chi connectivity index (χ2n) is 4.74. The minimum Gasteiger partial charge on any atom is -0.493 e. The molecule has 0 saturated carbocycles. The van der Waals surface area contributed by atoms with Crippen LogP contribution < -0.4 is 4.74 Å². The highest BCUT2D eigenvalue weighted by molar-refractivity contribution is 7.80. The van der Waals surface area contributed by atoms with Gasteiger partial charge in [-0.05, 0) is 61.1 Å². The predicted octanol–water partition coefficient (Wildman–Crippen LogP) is 4.52. The van der Waals surface area contributed by atoms with E-state index in [2.05, 4.69) is 52.5 Å². The van der Waals surface area contributed by atoms with Gasteiger partial charge in [0.2, 0.25) is 0 Å². The van der Waals surface area contributed by atoms with Crippen LogP contribution in [-0.4, -0.2) is 12.4 Å². The Balaban J connectivity index is 2.92. The van der Waals surface area contributed by atoms with Crippen LogP contribution in [0.5, 0.6) is 5.75 Å². The van der Waals surface area contributed by atoms with Crippen molar-refractivity contribution in [2.45, 2.75) is 46.5 Å². The van der Waals surface area contributed by atoms with E-state index >= 15 is 0 Å². The molecule has 0 radical (unpaired) electrons. The highest BCUT2D eigenvalue weighted by Gasteiger charge is 2.11. The van der Waals surface area contributed by atoms with Crippen molar-refractivity contribution in [3.8, 4) is 5.75 Å². The van der Waals surface area contributed by atoms with E-state index in [1.165, 1.54) is 16.7 Å². The van der Waals surface area contributed by atoms with E-state index in [4.69, 9.17) is 4.74 Å². The molecule has 0 spiro atoms. The third kappa shape index (κ3) is 3.95. The molecule has 0 aliphatic heterocycles. The largest absolute Gasteiger partial charge is 0.493 e. The fourth-order valence-corrected chi connectivity index (χ4v) is 2.45. The van der Waals surface area contributed by atoms with Crippen molar-refractivity contribution in [2.24, 2.45) is 0 Å². The van der Waals surface area contributed by atoms with Crippen LogP contribution in [0.4, 0.5) is 0 Å². The Bertz CT molecular complexity index is 360. The van der Waals surface area contributed by atoms with Crippen molar-refractivity contribution in [1.82, 2.24) is 0 Å². The number of aryl methyl sites for hydroxylation is 2. The fraction of sp³-hybridized carbons (Fsp3) is 0.600. The second kappa shape index (κ2) is 6.95. The van der Waals surface area contributed by atoms with Crippen LogP contribution in [0.25, 0.3) is 0 Å². The molecule has 1 aromatic rings. The van der Waals surface area contributed by atoms with Crippen LogP contribution >= 0.6 is 12.6 Å². The van der Waals surface area contributed by atoms with Crippen molar-refractivity contribution in [1.29, 1.82) is 0 Å². The van der Waals surface area contributed by atoms with Crippen LogP contribution in [0.2, 0.25) is 0 Å². The summed E-state index contributed by atoms with van der Waals surface area (Å²) < 4.78 is 5.75. The molecule has 0 N–H and O–H groups in total. The SMILES string of the molecule is CCCOc1cc(C)c(C(C)CCS)cc1C. The van der Waals surface area contributed by atoms with Gasteiger partial charge in [-0.2, -0.15) is 12.6 Å². The zero-order chi connectivity index (χ0) is 12.8. The maximum absolute atomic E-state index is 5.75. The Kier molecular flexibility index (Phi) is 5.90. The van der Waals surface area contributed by atoms with Crippen molar-refractivity contribution in [2.75, 3.05) is 12.4 Å². The molecule has 1 rings (SSSR count). The Morgan fingerprint density at radius 1 is 1.24 bits per heavy atom. The number of thiol groups is 1. The summed E-state index contributed by atoms with van der Waals surface area (Å²) in [6.45, 7) is 9.49. The third-order valence-corrected chi connectivity index (χ3v) is 3.38. The van der Waals surface area contributed by atoms with Crippen LogP contribution in [-0.2, 0) is 0 Å². The fourth-order valence-electron chi connectivity index (χ4n) is 2.06. The van der Waals surface area contributed by atoms with E-state index in [9.17, 15) is 0 Å². The lowest BCUT2D eigenvalue weighted by molar-refractivity contribution is 0.315. The lowest BCUT2D eigenvalue weighted by Crippen LogP contribution is -2.02. The normalized spacial score (nSPS) is 12.5. The molecule has 0 aliphatic carbocycles. The first-order valence-electron chi connectivity index (χ1n) is 6.45. The topological polar surface area (TPSA) is 9.23 Å². The van der Waals surface area contributed by atoms with E-state index in [0.29, 0.717) is 5.92 Å². The maximum Gasteiger partial charge on any atom is 0.122 e. The summed E-state index contributed by atoms with van der Waals surface area (Å²) in [6, 6.07) is 4.45. The van der Waals surface area contributed by atoms with Crippen molar-refractivity contribution in [3.63, 3.8) is 0 Å². The minimum absolute atomic E-state index is 0.575. The summed E-state index contributed by atoms with van der Waals surface area (Å²) in [4.78, 5) is 0. The van der Waals surface area contributed by atoms with Crippen molar-refractivity contribution in [3.05, 3.63) is 28.8 Å². The number of ether oxygens (including phenoxy) is 1. The van der Waals surface area contributed by atoms with Gasteiger partial charge >= 0.3 is 0 Å². The number of benzene rings is 1. The molecule has 0 fully saturated rings. The molecule has 0 saturated heterocycles. The highest BCUT2D eigenvalue weighted by atomic mass is 32.1. The van der Waals surface area contributed by atoms with Crippen LogP contribution in [0, 0.1) is 13.8 Å². The van der Waals surface area contributed by atoms with Gasteiger partial charge in [-0.3, -0.25) is 0 Å². The average Bonchev–Trinajstić information content (AvgIpc) is 2.30. The molecule has 1 aromatic carbocycles. The molecule has 2 heteroatoms. The van der Waals surface area contributed by atoms with Gasteiger partial charge in [-0.15, -0.1) is 0 Å². The Hall–Kier alpha value is -0.630. The summed E-state index contributed by atoms with van der Waals surface area (Å²) in [5.74, 6) is 2.55. The lowest BCUT2D eigenvalue weighted by Gasteiger charge is -2.17. The molecule has 0 aromatic heterocycles. The minimum atomic E-state index is 0.575. The molecular formula is C15H24OS. The van der Waals surface area contributed by atoms with Gasteiger partial charge in [-0.1, -0.05) is 19.9 Å². The molecule has 1 unspecified atom stereocenters. The van der Waals surface area contributed by atoms with Gasteiger partial charge in [0.05, 0.1) is 6.61 Å². The maximum atomic E-state index is 5.75. The molecule has 0 aliphatic rings.